The molecule has 0 aliphatic rings. The highest BCUT2D eigenvalue weighted by atomic mass is 127. The first kappa shape index (κ1) is 9.85. The Morgan fingerprint density at radius 2 is 2.36 bits per heavy atom. The average Bonchev–Trinajstić information content (AvgIpc) is 2.45. The molecule has 0 aromatic carbocycles. The quantitative estimate of drug-likeness (QED) is 0.459. The maximum absolute atomic E-state index is 10.6. The van der Waals surface area contributed by atoms with E-state index in [1.54, 1.807) is 0 Å². The lowest BCUT2D eigenvalue weighted by Gasteiger charge is -1.97. The zero-order chi connectivity index (χ0) is 10.3. The van der Waals surface area contributed by atoms with E-state index >= 15 is 0 Å². The van der Waals surface area contributed by atoms with Crippen LogP contribution in [0.4, 0.5) is 0 Å². The van der Waals surface area contributed by atoms with Crippen molar-refractivity contribution in [2.45, 2.75) is 6.92 Å². The molecule has 72 valence electrons. The van der Waals surface area contributed by atoms with E-state index < -0.39 is 0 Å². The summed E-state index contributed by atoms with van der Waals surface area (Å²) in [7, 11) is 0. The van der Waals surface area contributed by atoms with E-state index in [-0.39, 0.29) is 0 Å². The van der Waals surface area contributed by atoms with Crippen molar-refractivity contribution in [3.05, 3.63) is 26.2 Å². The smallest absolute Gasteiger partial charge is 0.171 e. The number of nitrogens with zero attached hydrogens (tertiary/aromatic N) is 3. The summed E-state index contributed by atoms with van der Waals surface area (Å²) < 4.78 is 2.43. The Bertz CT molecular complexity index is 523. The molecule has 2 aromatic rings. The number of hydrogen-bond donors (Lipinski definition) is 0. The monoisotopic (exact) mass is 321 g/mol. The Balaban J connectivity index is 2.90. The number of rotatable bonds is 1. The van der Waals surface area contributed by atoms with Gasteiger partial charge in [0.05, 0.1) is 9.26 Å². The largest absolute Gasteiger partial charge is 0.296 e. The number of aldehydes is 1. The third kappa shape index (κ3) is 1.40. The highest BCUT2D eigenvalue weighted by Crippen LogP contribution is 2.19. The van der Waals surface area contributed by atoms with Crippen LogP contribution in [0.5, 0.6) is 0 Å². The number of halogens is 2. The Kier molecular flexibility index (Phi) is 2.44. The number of hydrogen-bond acceptors (Lipinski definition) is 3. The van der Waals surface area contributed by atoms with Gasteiger partial charge in [0.2, 0.25) is 0 Å². The summed E-state index contributed by atoms with van der Waals surface area (Å²) >= 11 is 8.05. The van der Waals surface area contributed by atoms with Crippen LogP contribution in [-0.2, 0) is 0 Å². The van der Waals surface area contributed by atoms with Gasteiger partial charge in [0.25, 0.3) is 0 Å². The van der Waals surface area contributed by atoms with Gasteiger partial charge in [-0.05, 0) is 29.5 Å². The van der Waals surface area contributed by atoms with Gasteiger partial charge in [0, 0.05) is 6.07 Å². The molecule has 2 rings (SSSR count). The van der Waals surface area contributed by atoms with Crippen molar-refractivity contribution in [3.8, 4) is 0 Å². The minimum atomic E-state index is 0.320. The average molecular weight is 322 g/mol. The van der Waals surface area contributed by atoms with Gasteiger partial charge in [0.1, 0.15) is 10.8 Å². The highest BCUT2D eigenvalue weighted by Gasteiger charge is 2.11. The maximum Gasteiger partial charge on any atom is 0.171 e. The predicted octanol–water partition coefficient (Wildman–Crippen LogP) is 2.11. The molecule has 0 saturated carbocycles. The number of carbonyl (C=O) groups is 1. The second-order valence-corrected chi connectivity index (χ2v) is 4.22. The van der Waals surface area contributed by atoms with E-state index in [0.29, 0.717) is 22.8 Å². The molecule has 0 saturated heterocycles. The second kappa shape index (κ2) is 3.47. The number of aryl methyl sites for hydroxylation is 1. The topological polar surface area (TPSA) is 47.3 Å². The summed E-state index contributed by atoms with van der Waals surface area (Å²) in [6.07, 6.45) is 0.671. The molecule has 0 radical (unpaired) electrons. The number of carbonyl (C=O) groups excluding carboxylic acids is 1. The molecular weight excluding hydrogens is 316 g/mol. The Labute approximate surface area is 98.4 Å². The fourth-order valence-electron chi connectivity index (χ4n) is 1.14. The predicted molar refractivity (Wildman–Crippen MR) is 60.8 cm³/mol. The first-order valence-corrected chi connectivity index (χ1v) is 5.25. The zero-order valence-electron chi connectivity index (χ0n) is 7.16. The van der Waals surface area contributed by atoms with Crippen molar-refractivity contribution in [3.63, 3.8) is 0 Å². The third-order valence-corrected chi connectivity index (χ3v) is 3.32. The van der Waals surface area contributed by atoms with Crippen LogP contribution in [0.3, 0.4) is 0 Å². The Hall–Kier alpha value is -0.690. The molecular formula is C8H5ClIN3O. The van der Waals surface area contributed by atoms with Gasteiger partial charge in [0.15, 0.2) is 11.9 Å². The van der Waals surface area contributed by atoms with Crippen LogP contribution >= 0.6 is 34.2 Å². The van der Waals surface area contributed by atoms with Crippen LogP contribution in [0.2, 0.25) is 5.15 Å². The standard InChI is InChI=1S/C8H5ClIN3O/c1-4-7(10)8-11-5(3-14)2-6(9)13(8)12-4/h2-3H,1H3. The molecule has 0 aliphatic carbocycles. The van der Waals surface area contributed by atoms with Crippen molar-refractivity contribution in [1.82, 2.24) is 14.6 Å². The molecule has 0 spiro atoms. The lowest BCUT2D eigenvalue weighted by molar-refractivity contribution is 0.111. The molecule has 6 heteroatoms. The zero-order valence-corrected chi connectivity index (χ0v) is 10.1. The lowest BCUT2D eigenvalue weighted by Crippen LogP contribution is -1.96. The fraction of sp³-hybridized carbons (Fsp3) is 0.125. The molecule has 14 heavy (non-hydrogen) atoms. The summed E-state index contributed by atoms with van der Waals surface area (Å²) in [5.74, 6) is 0. The van der Waals surface area contributed by atoms with Gasteiger partial charge in [-0.3, -0.25) is 4.79 Å². The minimum absolute atomic E-state index is 0.320. The molecule has 2 heterocycles. The maximum atomic E-state index is 10.6. The summed E-state index contributed by atoms with van der Waals surface area (Å²) in [6.45, 7) is 1.87. The van der Waals surface area contributed by atoms with E-state index in [4.69, 9.17) is 11.6 Å². The van der Waals surface area contributed by atoms with Gasteiger partial charge in [-0.25, -0.2) is 9.50 Å². The van der Waals surface area contributed by atoms with E-state index in [9.17, 15) is 4.79 Å². The fourth-order valence-corrected chi connectivity index (χ4v) is 1.83. The van der Waals surface area contributed by atoms with Gasteiger partial charge in [-0.2, -0.15) is 5.10 Å². The summed E-state index contributed by atoms with van der Waals surface area (Å²) in [5.41, 5.74) is 1.79. The van der Waals surface area contributed by atoms with Crippen molar-refractivity contribution >= 4 is 46.1 Å². The van der Waals surface area contributed by atoms with Crippen LogP contribution < -0.4 is 0 Å². The molecule has 0 atom stereocenters. The van der Waals surface area contributed by atoms with E-state index in [1.165, 1.54) is 10.6 Å². The summed E-state index contributed by atoms with van der Waals surface area (Å²) in [4.78, 5) is 14.7. The van der Waals surface area contributed by atoms with Crippen LogP contribution in [0.15, 0.2) is 6.07 Å². The van der Waals surface area contributed by atoms with Crippen molar-refractivity contribution in [2.24, 2.45) is 0 Å². The molecule has 0 aliphatic heterocycles. The first-order chi connectivity index (χ1) is 6.63. The molecule has 0 N–H and O–H groups in total. The van der Waals surface area contributed by atoms with Crippen molar-refractivity contribution in [1.29, 1.82) is 0 Å². The van der Waals surface area contributed by atoms with Gasteiger partial charge in [-0.1, -0.05) is 11.6 Å². The molecule has 0 amide bonds. The van der Waals surface area contributed by atoms with Crippen molar-refractivity contribution in [2.75, 3.05) is 0 Å². The van der Waals surface area contributed by atoms with Crippen LogP contribution in [0, 0.1) is 10.5 Å². The van der Waals surface area contributed by atoms with Crippen molar-refractivity contribution < 1.29 is 4.79 Å². The van der Waals surface area contributed by atoms with Gasteiger partial charge >= 0.3 is 0 Å². The highest BCUT2D eigenvalue weighted by molar-refractivity contribution is 14.1. The molecule has 0 bridgehead atoms. The van der Waals surface area contributed by atoms with Gasteiger partial charge in [-0.15, -0.1) is 0 Å². The van der Waals surface area contributed by atoms with Gasteiger partial charge < -0.3 is 0 Å². The minimum Gasteiger partial charge on any atom is -0.296 e. The molecule has 2 aromatic heterocycles. The summed E-state index contributed by atoms with van der Waals surface area (Å²) in [5, 5.41) is 4.58. The second-order valence-electron chi connectivity index (χ2n) is 2.76. The Morgan fingerprint density at radius 3 is 3.00 bits per heavy atom. The van der Waals surface area contributed by atoms with Crippen LogP contribution in [-0.4, -0.2) is 20.9 Å². The van der Waals surface area contributed by atoms with Crippen LogP contribution in [0.1, 0.15) is 16.2 Å². The molecule has 0 fully saturated rings. The number of fused-ring (bicyclic) bond motifs is 1. The SMILES string of the molecule is Cc1nn2c(Cl)cc(C=O)nc2c1I. The van der Waals surface area contributed by atoms with E-state index in [2.05, 4.69) is 32.7 Å². The van der Waals surface area contributed by atoms with E-state index in [1.807, 2.05) is 6.92 Å². The van der Waals surface area contributed by atoms with E-state index in [0.717, 1.165) is 9.26 Å². The summed E-state index contributed by atoms with van der Waals surface area (Å²) in [6, 6.07) is 1.49. The molecule has 0 unspecified atom stereocenters. The first-order valence-electron chi connectivity index (χ1n) is 3.80. The number of aromatic nitrogens is 3. The lowest BCUT2D eigenvalue weighted by atomic mass is 10.4. The van der Waals surface area contributed by atoms with Crippen LogP contribution in [0.25, 0.3) is 5.65 Å². The normalized spacial score (nSPS) is 10.8. The Morgan fingerprint density at radius 1 is 1.64 bits per heavy atom. The molecule has 4 nitrogen and oxygen atoms in total. The third-order valence-electron chi connectivity index (χ3n) is 1.79.